The quantitative estimate of drug-likeness (QED) is 0.733. The first kappa shape index (κ1) is 13.3. The number of carbonyl (C=O) groups excluding carboxylic acids is 1. The summed E-state index contributed by atoms with van der Waals surface area (Å²) in [6.07, 6.45) is 0. The molecule has 1 rings (SSSR count). The predicted octanol–water partition coefficient (Wildman–Crippen LogP) is 1.53. The van der Waals surface area contributed by atoms with Crippen molar-refractivity contribution >= 4 is 5.91 Å². The first-order valence-corrected chi connectivity index (χ1v) is 5.52. The third-order valence-electron chi connectivity index (χ3n) is 1.84. The number of benzene rings is 1. The normalized spacial score (nSPS) is 9.76. The Bertz CT molecular complexity index is 337. The zero-order valence-corrected chi connectivity index (χ0v) is 10.1. The van der Waals surface area contributed by atoms with Crippen molar-refractivity contribution in [2.75, 3.05) is 19.8 Å². The molecule has 0 unspecified atom stereocenters. The zero-order valence-electron chi connectivity index (χ0n) is 10.1. The van der Waals surface area contributed by atoms with E-state index in [0.717, 1.165) is 5.75 Å². The van der Waals surface area contributed by atoms with Gasteiger partial charge in [-0.05, 0) is 38.1 Å². The van der Waals surface area contributed by atoms with Crippen LogP contribution in [0.3, 0.4) is 0 Å². The van der Waals surface area contributed by atoms with Gasteiger partial charge in [0.15, 0.2) is 6.61 Å². The van der Waals surface area contributed by atoms with Crippen LogP contribution in [0.15, 0.2) is 24.3 Å². The molecular weight excluding hydrogens is 222 g/mol. The van der Waals surface area contributed by atoms with E-state index in [1.807, 2.05) is 6.92 Å². The molecule has 0 aliphatic carbocycles. The second kappa shape index (κ2) is 7.51. The molecule has 0 saturated heterocycles. The Morgan fingerprint density at radius 2 is 1.65 bits per heavy atom. The van der Waals surface area contributed by atoms with E-state index in [1.165, 1.54) is 0 Å². The van der Waals surface area contributed by atoms with Crippen molar-refractivity contribution in [1.29, 1.82) is 0 Å². The number of carbonyl (C=O) groups is 1. The highest BCUT2D eigenvalue weighted by Crippen LogP contribution is 2.17. The molecule has 94 valence electrons. The van der Waals surface area contributed by atoms with Crippen molar-refractivity contribution in [3.05, 3.63) is 24.3 Å². The third-order valence-corrected chi connectivity index (χ3v) is 1.84. The van der Waals surface area contributed by atoms with Gasteiger partial charge >= 0.3 is 0 Å². The fourth-order valence-electron chi connectivity index (χ4n) is 1.13. The number of hydrogen-bond donors (Lipinski definition) is 1. The Balaban J connectivity index is 2.34. The van der Waals surface area contributed by atoms with E-state index in [9.17, 15) is 4.79 Å². The van der Waals surface area contributed by atoms with Crippen LogP contribution in [0.25, 0.3) is 0 Å². The van der Waals surface area contributed by atoms with E-state index in [0.29, 0.717) is 19.0 Å². The Kier molecular flexibility index (Phi) is 5.88. The van der Waals surface area contributed by atoms with Crippen molar-refractivity contribution in [1.82, 2.24) is 5.48 Å². The Labute approximate surface area is 101 Å². The van der Waals surface area contributed by atoms with Crippen LogP contribution < -0.4 is 15.0 Å². The molecule has 0 aliphatic heterocycles. The maximum Gasteiger partial charge on any atom is 0.281 e. The van der Waals surface area contributed by atoms with E-state index in [4.69, 9.17) is 14.3 Å². The van der Waals surface area contributed by atoms with Gasteiger partial charge < -0.3 is 9.47 Å². The Morgan fingerprint density at radius 3 is 2.18 bits per heavy atom. The number of hydroxylamine groups is 1. The standard InChI is InChI=1S/C12H17NO4/c1-3-15-10-5-7-11(8-6-10)16-9-12(14)13-17-4-2/h5-8H,3-4,9H2,1-2H3,(H,13,14). The van der Waals surface area contributed by atoms with Gasteiger partial charge in [0.1, 0.15) is 11.5 Å². The van der Waals surface area contributed by atoms with E-state index in [2.05, 4.69) is 5.48 Å². The molecule has 1 amide bonds. The van der Waals surface area contributed by atoms with Gasteiger partial charge in [0.25, 0.3) is 5.91 Å². The molecule has 1 aromatic carbocycles. The van der Waals surface area contributed by atoms with Gasteiger partial charge in [-0.15, -0.1) is 0 Å². The lowest BCUT2D eigenvalue weighted by Gasteiger charge is -2.07. The minimum atomic E-state index is -0.319. The van der Waals surface area contributed by atoms with Crippen molar-refractivity contribution < 1.29 is 19.1 Å². The zero-order chi connectivity index (χ0) is 12.5. The summed E-state index contributed by atoms with van der Waals surface area (Å²) in [7, 11) is 0. The van der Waals surface area contributed by atoms with Crippen molar-refractivity contribution in [2.24, 2.45) is 0 Å². The molecule has 1 N–H and O–H groups in total. The van der Waals surface area contributed by atoms with Gasteiger partial charge in [0.05, 0.1) is 13.2 Å². The lowest BCUT2D eigenvalue weighted by Crippen LogP contribution is -2.28. The second-order valence-electron chi connectivity index (χ2n) is 3.15. The van der Waals surface area contributed by atoms with Gasteiger partial charge in [0, 0.05) is 0 Å². The van der Waals surface area contributed by atoms with Crippen molar-refractivity contribution in [3.8, 4) is 11.5 Å². The van der Waals surface area contributed by atoms with Crippen LogP contribution in [-0.4, -0.2) is 25.7 Å². The summed E-state index contributed by atoms with van der Waals surface area (Å²) in [6, 6.07) is 7.08. The molecule has 17 heavy (non-hydrogen) atoms. The predicted molar refractivity (Wildman–Crippen MR) is 62.9 cm³/mol. The van der Waals surface area contributed by atoms with Gasteiger partial charge in [-0.1, -0.05) is 0 Å². The van der Waals surface area contributed by atoms with Crippen LogP contribution in [0.2, 0.25) is 0 Å². The number of rotatable bonds is 7. The van der Waals surface area contributed by atoms with Crippen LogP contribution in [0.4, 0.5) is 0 Å². The van der Waals surface area contributed by atoms with Crippen molar-refractivity contribution in [3.63, 3.8) is 0 Å². The van der Waals surface area contributed by atoms with E-state index < -0.39 is 0 Å². The van der Waals surface area contributed by atoms with Gasteiger partial charge in [-0.2, -0.15) is 0 Å². The lowest BCUT2D eigenvalue weighted by atomic mass is 10.3. The van der Waals surface area contributed by atoms with Crippen LogP contribution in [0.5, 0.6) is 11.5 Å². The molecular formula is C12H17NO4. The minimum absolute atomic E-state index is 0.0754. The van der Waals surface area contributed by atoms with Crippen LogP contribution in [0.1, 0.15) is 13.8 Å². The summed E-state index contributed by atoms with van der Waals surface area (Å²) in [5.41, 5.74) is 2.25. The number of nitrogens with one attached hydrogen (secondary N) is 1. The molecule has 0 saturated carbocycles. The average molecular weight is 239 g/mol. The van der Waals surface area contributed by atoms with Gasteiger partial charge in [0.2, 0.25) is 0 Å². The summed E-state index contributed by atoms with van der Waals surface area (Å²) in [5.74, 6) is 1.07. The number of amides is 1. The molecule has 0 atom stereocenters. The third kappa shape index (κ3) is 5.21. The number of hydrogen-bond acceptors (Lipinski definition) is 4. The van der Waals surface area contributed by atoms with Crippen LogP contribution in [-0.2, 0) is 9.63 Å². The topological polar surface area (TPSA) is 56.8 Å². The summed E-state index contributed by atoms with van der Waals surface area (Å²) in [6.45, 7) is 4.68. The number of ether oxygens (including phenoxy) is 2. The molecule has 0 spiro atoms. The highest BCUT2D eigenvalue weighted by Gasteiger charge is 2.02. The smallest absolute Gasteiger partial charge is 0.281 e. The highest BCUT2D eigenvalue weighted by molar-refractivity contribution is 5.76. The molecule has 0 fully saturated rings. The maximum absolute atomic E-state index is 11.2. The molecule has 1 aromatic rings. The molecule has 5 heteroatoms. The lowest BCUT2D eigenvalue weighted by molar-refractivity contribution is -0.135. The van der Waals surface area contributed by atoms with Gasteiger partial charge in [-0.3, -0.25) is 9.63 Å². The van der Waals surface area contributed by atoms with E-state index >= 15 is 0 Å². The molecule has 0 radical (unpaired) electrons. The largest absolute Gasteiger partial charge is 0.494 e. The summed E-state index contributed by atoms with van der Waals surface area (Å²) < 4.78 is 10.5. The van der Waals surface area contributed by atoms with Crippen molar-refractivity contribution in [2.45, 2.75) is 13.8 Å². The summed E-state index contributed by atoms with van der Waals surface area (Å²) in [5, 5.41) is 0. The molecule has 0 aliphatic rings. The van der Waals surface area contributed by atoms with Crippen LogP contribution >= 0.6 is 0 Å². The molecule has 5 nitrogen and oxygen atoms in total. The Hall–Kier alpha value is -1.75. The summed E-state index contributed by atoms with van der Waals surface area (Å²) in [4.78, 5) is 15.9. The van der Waals surface area contributed by atoms with Gasteiger partial charge in [-0.25, -0.2) is 5.48 Å². The van der Waals surface area contributed by atoms with E-state index in [1.54, 1.807) is 31.2 Å². The fraction of sp³-hybridized carbons (Fsp3) is 0.417. The highest BCUT2D eigenvalue weighted by atomic mass is 16.7. The SMILES string of the molecule is CCONC(=O)COc1ccc(OCC)cc1. The Morgan fingerprint density at radius 1 is 1.06 bits per heavy atom. The monoisotopic (exact) mass is 239 g/mol. The second-order valence-corrected chi connectivity index (χ2v) is 3.15. The fourth-order valence-corrected chi connectivity index (χ4v) is 1.13. The maximum atomic E-state index is 11.2. The first-order valence-electron chi connectivity index (χ1n) is 5.52. The molecule has 0 aromatic heterocycles. The molecule has 0 bridgehead atoms. The average Bonchev–Trinajstić information content (AvgIpc) is 2.36. The summed E-state index contributed by atoms with van der Waals surface area (Å²) >= 11 is 0. The minimum Gasteiger partial charge on any atom is -0.494 e. The van der Waals surface area contributed by atoms with E-state index in [-0.39, 0.29) is 12.5 Å². The first-order chi connectivity index (χ1) is 8.26. The molecule has 0 heterocycles. The van der Waals surface area contributed by atoms with Crippen LogP contribution in [0, 0.1) is 0 Å².